The van der Waals surface area contributed by atoms with E-state index in [9.17, 15) is 4.79 Å². The fourth-order valence-electron chi connectivity index (χ4n) is 4.24. The van der Waals surface area contributed by atoms with Crippen LogP contribution in [0.2, 0.25) is 0 Å². The van der Waals surface area contributed by atoms with E-state index in [1.807, 2.05) is 0 Å². The van der Waals surface area contributed by atoms with Gasteiger partial charge in [-0.3, -0.25) is 0 Å². The van der Waals surface area contributed by atoms with Gasteiger partial charge in [0.1, 0.15) is 6.10 Å². The molecule has 2 aliphatic carbocycles. The Labute approximate surface area is 110 Å². The van der Waals surface area contributed by atoms with E-state index in [1.165, 1.54) is 37.7 Å². The van der Waals surface area contributed by atoms with Gasteiger partial charge >= 0.3 is 5.97 Å². The van der Waals surface area contributed by atoms with Crippen LogP contribution >= 0.6 is 0 Å². The summed E-state index contributed by atoms with van der Waals surface area (Å²) in [6, 6.07) is 0. The third-order valence-corrected chi connectivity index (χ3v) is 5.54. The smallest absolute Gasteiger partial charge is 0.334 e. The summed E-state index contributed by atoms with van der Waals surface area (Å²) in [5.74, 6) is 0.792. The molecule has 0 unspecified atom stereocenters. The molecule has 1 aliphatic heterocycles. The van der Waals surface area contributed by atoms with E-state index >= 15 is 0 Å². The van der Waals surface area contributed by atoms with Crippen molar-refractivity contribution >= 4 is 5.97 Å². The lowest BCUT2D eigenvalue weighted by atomic mass is 9.56. The first-order valence-corrected chi connectivity index (χ1v) is 7.61. The Morgan fingerprint density at radius 1 is 1.28 bits per heavy atom. The molecule has 0 saturated heterocycles. The minimum absolute atomic E-state index is 0.00400. The van der Waals surface area contributed by atoms with Gasteiger partial charge in [-0.1, -0.05) is 33.1 Å². The van der Waals surface area contributed by atoms with Crippen molar-refractivity contribution < 1.29 is 9.53 Å². The summed E-state index contributed by atoms with van der Waals surface area (Å²) in [4.78, 5) is 12.1. The predicted octanol–water partition coefficient (Wildman–Crippen LogP) is 4.00. The van der Waals surface area contributed by atoms with E-state index in [1.54, 1.807) is 0 Å². The molecule has 1 heterocycles. The number of esters is 1. The number of hydrogen-bond donors (Lipinski definition) is 0. The molecule has 2 heteroatoms. The highest BCUT2D eigenvalue weighted by molar-refractivity contribution is 5.91. The molecule has 2 fully saturated rings. The maximum absolute atomic E-state index is 12.1. The van der Waals surface area contributed by atoms with Crippen LogP contribution in [-0.2, 0) is 9.53 Å². The lowest BCUT2D eigenvalue weighted by Gasteiger charge is -2.51. The molecule has 0 spiro atoms. The number of carbonyl (C=O) groups excluding carboxylic acids is 1. The molecule has 100 valence electrons. The summed E-state index contributed by atoms with van der Waals surface area (Å²) >= 11 is 0. The Kier molecular flexibility index (Phi) is 2.99. The van der Waals surface area contributed by atoms with Gasteiger partial charge in [0.25, 0.3) is 0 Å². The first kappa shape index (κ1) is 12.3. The molecule has 0 aromatic heterocycles. The van der Waals surface area contributed by atoms with Crippen LogP contribution in [0, 0.1) is 11.3 Å². The number of ether oxygens (including phenoxy) is 1. The van der Waals surface area contributed by atoms with Gasteiger partial charge in [-0.2, -0.15) is 0 Å². The van der Waals surface area contributed by atoms with Crippen molar-refractivity contribution in [2.45, 2.75) is 71.3 Å². The Morgan fingerprint density at radius 3 is 2.89 bits per heavy atom. The first-order valence-electron chi connectivity index (χ1n) is 7.61. The summed E-state index contributed by atoms with van der Waals surface area (Å²) in [5.41, 5.74) is 2.74. The van der Waals surface area contributed by atoms with Crippen molar-refractivity contribution in [3.05, 3.63) is 11.1 Å². The van der Waals surface area contributed by atoms with Crippen molar-refractivity contribution in [2.75, 3.05) is 0 Å². The number of unbranched alkanes of at least 4 members (excludes halogenated alkanes) is 3. The van der Waals surface area contributed by atoms with Gasteiger partial charge in [-0.25, -0.2) is 4.79 Å². The fourth-order valence-corrected chi connectivity index (χ4v) is 4.24. The van der Waals surface area contributed by atoms with Crippen LogP contribution in [0.4, 0.5) is 0 Å². The minimum Gasteiger partial charge on any atom is -0.458 e. The molecule has 3 aliphatic rings. The topological polar surface area (TPSA) is 26.3 Å². The van der Waals surface area contributed by atoms with Crippen molar-refractivity contribution in [1.29, 1.82) is 0 Å². The van der Waals surface area contributed by atoms with Crippen LogP contribution in [0.1, 0.15) is 65.2 Å². The van der Waals surface area contributed by atoms with Gasteiger partial charge in [0.05, 0.1) is 0 Å². The third kappa shape index (κ3) is 1.57. The van der Waals surface area contributed by atoms with Gasteiger partial charge in [0, 0.05) is 11.0 Å². The molecule has 2 saturated carbocycles. The molecule has 18 heavy (non-hydrogen) atoms. The molecular formula is C16H24O2. The zero-order chi connectivity index (χ0) is 12.8. The van der Waals surface area contributed by atoms with Gasteiger partial charge in [0.2, 0.25) is 0 Å². The van der Waals surface area contributed by atoms with Crippen LogP contribution in [0.15, 0.2) is 11.1 Å². The first-order chi connectivity index (χ1) is 8.67. The standard InChI is InChI=1S/C16H24O2/c1-3-4-5-6-7-12-13-10-11-8-9-14(16(11,13)2)18-15(12)17/h11,14H,3-10H2,1-2H3/t11-,14-,16-/m1/s1. The average molecular weight is 248 g/mol. The van der Waals surface area contributed by atoms with E-state index in [-0.39, 0.29) is 17.5 Å². The van der Waals surface area contributed by atoms with E-state index in [0.717, 1.165) is 30.8 Å². The van der Waals surface area contributed by atoms with Crippen molar-refractivity contribution in [3.8, 4) is 0 Å². The monoisotopic (exact) mass is 248 g/mol. The highest BCUT2D eigenvalue weighted by Gasteiger charge is 2.61. The number of rotatable bonds is 5. The second kappa shape index (κ2) is 4.40. The minimum atomic E-state index is 0.00400. The Balaban J connectivity index is 1.74. The summed E-state index contributed by atoms with van der Waals surface area (Å²) < 4.78 is 5.69. The summed E-state index contributed by atoms with van der Waals surface area (Å²) in [5, 5.41) is 0. The summed E-state index contributed by atoms with van der Waals surface area (Å²) in [6.07, 6.45) is 9.56. The molecule has 2 nitrogen and oxygen atoms in total. The average Bonchev–Trinajstić information content (AvgIpc) is 2.63. The summed E-state index contributed by atoms with van der Waals surface area (Å²) in [6.45, 7) is 4.55. The van der Waals surface area contributed by atoms with Crippen molar-refractivity contribution in [1.82, 2.24) is 0 Å². The van der Waals surface area contributed by atoms with E-state index in [4.69, 9.17) is 4.74 Å². The molecule has 3 rings (SSSR count). The van der Waals surface area contributed by atoms with Crippen molar-refractivity contribution in [3.63, 3.8) is 0 Å². The second-order valence-corrected chi connectivity index (χ2v) is 6.42. The van der Waals surface area contributed by atoms with Gasteiger partial charge in [-0.05, 0) is 43.6 Å². The zero-order valence-corrected chi connectivity index (χ0v) is 11.6. The van der Waals surface area contributed by atoms with Crippen LogP contribution < -0.4 is 0 Å². The molecule has 0 bridgehead atoms. The van der Waals surface area contributed by atoms with Crippen molar-refractivity contribution in [2.24, 2.45) is 11.3 Å². The molecule has 0 aromatic rings. The number of hydrogen-bond acceptors (Lipinski definition) is 2. The largest absolute Gasteiger partial charge is 0.458 e. The highest BCUT2D eigenvalue weighted by Crippen LogP contribution is 2.64. The van der Waals surface area contributed by atoms with Crippen LogP contribution in [0.3, 0.4) is 0 Å². The second-order valence-electron chi connectivity index (χ2n) is 6.42. The SMILES string of the molecule is CCCCCCC1=C2C[C@H]3CC[C@@H](OC1=O)[C@@]23C. The van der Waals surface area contributed by atoms with E-state index < -0.39 is 0 Å². The Morgan fingerprint density at radius 2 is 2.11 bits per heavy atom. The van der Waals surface area contributed by atoms with Crippen LogP contribution in [-0.4, -0.2) is 12.1 Å². The third-order valence-electron chi connectivity index (χ3n) is 5.54. The molecule has 3 atom stereocenters. The normalized spacial score (nSPS) is 37.3. The Bertz CT molecular complexity index is 396. The Hall–Kier alpha value is -0.790. The fraction of sp³-hybridized carbons (Fsp3) is 0.812. The van der Waals surface area contributed by atoms with Gasteiger partial charge in [0.15, 0.2) is 0 Å². The summed E-state index contributed by atoms with van der Waals surface area (Å²) in [7, 11) is 0. The molecular weight excluding hydrogens is 224 g/mol. The predicted molar refractivity (Wildman–Crippen MR) is 71.1 cm³/mol. The van der Waals surface area contributed by atoms with E-state index in [0.29, 0.717) is 0 Å². The quantitative estimate of drug-likeness (QED) is 0.543. The molecule has 0 aromatic carbocycles. The molecule has 0 amide bonds. The maximum Gasteiger partial charge on any atom is 0.334 e. The lowest BCUT2D eigenvalue weighted by molar-refractivity contribution is -0.155. The molecule has 0 radical (unpaired) electrons. The van der Waals surface area contributed by atoms with Crippen LogP contribution in [0.25, 0.3) is 0 Å². The van der Waals surface area contributed by atoms with E-state index in [2.05, 4.69) is 13.8 Å². The number of carbonyl (C=O) groups is 1. The highest BCUT2D eigenvalue weighted by atomic mass is 16.5. The molecule has 0 N–H and O–H groups in total. The van der Waals surface area contributed by atoms with Gasteiger partial charge < -0.3 is 4.74 Å². The maximum atomic E-state index is 12.1. The zero-order valence-electron chi connectivity index (χ0n) is 11.6. The van der Waals surface area contributed by atoms with Crippen LogP contribution in [0.5, 0.6) is 0 Å². The van der Waals surface area contributed by atoms with Gasteiger partial charge in [-0.15, -0.1) is 0 Å². The lowest BCUT2D eigenvalue weighted by Crippen LogP contribution is -2.49.